The number of guanidine groups is 1. The summed E-state index contributed by atoms with van der Waals surface area (Å²) < 4.78 is 5.98. The van der Waals surface area contributed by atoms with E-state index < -0.39 is 0 Å². The molecule has 2 aromatic heterocycles. The van der Waals surface area contributed by atoms with Crippen LogP contribution in [0.2, 0.25) is 0 Å². The molecule has 0 spiro atoms. The summed E-state index contributed by atoms with van der Waals surface area (Å²) in [7, 11) is 1.85. The highest BCUT2D eigenvalue weighted by atomic mass is 127. The maximum absolute atomic E-state index is 5.98. The summed E-state index contributed by atoms with van der Waals surface area (Å²) in [5.41, 5.74) is 1.50. The number of nitrogens with one attached hydrogen (secondary N) is 1. The third-order valence-corrected chi connectivity index (χ3v) is 6.20. The van der Waals surface area contributed by atoms with Crippen molar-refractivity contribution in [2.75, 3.05) is 39.8 Å². The van der Waals surface area contributed by atoms with Crippen LogP contribution in [0.3, 0.4) is 0 Å². The van der Waals surface area contributed by atoms with Crippen molar-refractivity contribution in [2.45, 2.75) is 25.5 Å². The third kappa shape index (κ3) is 5.36. The largest absolute Gasteiger partial charge is 0.472 e. The van der Waals surface area contributed by atoms with Gasteiger partial charge in [-0.05, 0) is 29.5 Å². The van der Waals surface area contributed by atoms with Gasteiger partial charge < -0.3 is 15.0 Å². The number of nitrogens with zero attached hydrogens (tertiary/aromatic N) is 4. The predicted octanol–water partition coefficient (Wildman–Crippen LogP) is 2.85. The van der Waals surface area contributed by atoms with Crippen molar-refractivity contribution in [3.63, 3.8) is 0 Å². The number of halogens is 1. The second kappa shape index (κ2) is 10.4. The molecule has 0 aromatic carbocycles. The number of pyridine rings is 1. The summed E-state index contributed by atoms with van der Waals surface area (Å²) in [6.07, 6.45) is 4.10. The van der Waals surface area contributed by atoms with E-state index in [1.165, 1.54) is 12.0 Å². The van der Waals surface area contributed by atoms with Crippen LogP contribution in [0.15, 0.2) is 40.8 Å². The number of likely N-dealkylation sites (tertiary alicyclic amines) is 1. The first-order valence-corrected chi connectivity index (χ1v) is 10.5. The lowest BCUT2D eigenvalue weighted by molar-refractivity contribution is 0.205. The second-order valence-corrected chi connectivity index (χ2v) is 8.01. The molecule has 1 unspecified atom stereocenters. The molecule has 1 N–H and O–H groups in total. The Morgan fingerprint density at radius 2 is 2.29 bits per heavy atom. The summed E-state index contributed by atoms with van der Waals surface area (Å²) in [6.45, 7) is 5.97. The molecule has 0 bridgehead atoms. The molecule has 28 heavy (non-hydrogen) atoms. The lowest BCUT2D eigenvalue weighted by Crippen LogP contribution is -2.44. The van der Waals surface area contributed by atoms with Crippen LogP contribution in [-0.4, -0.2) is 66.6 Å². The van der Waals surface area contributed by atoms with Gasteiger partial charge in [0.1, 0.15) is 6.10 Å². The SMILES string of the molecule is CN=C(NCCN1CCc2sccc2C1)N1CCC(Oc2ccccn2)C1.I. The second-order valence-electron chi connectivity index (χ2n) is 7.01. The zero-order chi connectivity index (χ0) is 18.5. The molecule has 8 heteroatoms. The van der Waals surface area contributed by atoms with Crippen LogP contribution in [0.4, 0.5) is 0 Å². The van der Waals surface area contributed by atoms with Gasteiger partial charge in [-0.1, -0.05) is 6.07 Å². The van der Waals surface area contributed by atoms with Crippen molar-refractivity contribution in [1.29, 1.82) is 0 Å². The van der Waals surface area contributed by atoms with Crippen LogP contribution in [0.5, 0.6) is 5.88 Å². The molecule has 6 nitrogen and oxygen atoms in total. The number of ether oxygens (including phenoxy) is 1. The maximum Gasteiger partial charge on any atom is 0.213 e. The Balaban J connectivity index is 0.00000225. The van der Waals surface area contributed by atoms with Crippen LogP contribution in [-0.2, 0) is 13.0 Å². The molecule has 4 rings (SSSR count). The number of aromatic nitrogens is 1. The molecule has 1 atom stereocenters. The van der Waals surface area contributed by atoms with E-state index in [-0.39, 0.29) is 30.1 Å². The molecule has 2 aliphatic rings. The standard InChI is InChI=1S/C20H27N5OS.HI/c1-21-20(23-9-12-24-10-6-18-16(14-24)7-13-27-18)25-11-5-17(15-25)26-19-4-2-3-8-22-19;/h2-4,7-8,13,17H,5-6,9-12,14-15H2,1H3,(H,21,23);1H. The van der Waals surface area contributed by atoms with E-state index >= 15 is 0 Å². The summed E-state index contributed by atoms with van der Waals surface area (Å²) in [5, 5.41) is 5.74. The number of aliphatic imine (C=N–C) groups is 1. The zero-order valence-corrected chi connectivity index (χ0v) is 19.4. The quantitative estimate of drug-likeness (QED) is 0.379. The highest BCUT2D eigenvalue weighted by Gasteiger charge is 2.26. The zero-order valence-electron chi connectivity index (χ0n) is 16.2. The van der Waals surface area contributed by atoms with Gasteiger partial charge in [-0.3, -0.25) is 9.89 Å². The van der Waals surface area contributed by atoms with Gasteiger partial charge in [0.05, 0.1) is 6.54 Å². The van der Waals surface area contributed by atoms with E-state index in [0.29, 0.717) is 5.88 Å². The van der Waals surface area contributed by atoms with Crippen molar-refractivity contribution < 1.29 is 4.74 Å². The van der Waals surface area contributed by atoms with Crippen LogP contribution >= 0.6 is 35.3 Å². The molecule has 1 fully saturated rings. The van der Waals surface area contributed by atoms with E-state index in [9.17, 15) is 0 Å². The molecule has 2 aromatic rings. The Kier molecular flexibility index (Phi) is 7.92. The minimum absolute atomic E-state index is 0. The molecule has 4 heterocycles. The van der Waals surface area contributed by atoms with Crippen molar-refractivity contribution in [3.8, 4) is 5.88 Å². The smallest absolute Gasteiger partial charge is 0.213 e. The summed E-state index contributed by atoms with van der Waals surface area (Å²) in [4.78, 5) is 15.1. The normalized spacial score (nSPS) is 19.8. The average molecular weight is 513 g/mol. The van der Waals surface area contributed by atoms with E-state index in [0.717, 1.165) is 51.6 Å². The number of fused-ring (bicyclic) bond motifs is 1. The van der Waals surface area contributed by atoms with Crippen LogP contribution in [0, 0.1) is 0 Å². The summed E-state index contributed by atoms with van der Waals surface area (Å²) in [6, 6.07) is 8.04. The van der Waals surface area contributed by atoms with Gasteiger partial charge in [0.25, 0.3) is 0 Å². The fourth-order valence-corrected chi connectivity index (χ4v) is 4.65. The Bertz CT molecular complexity index is 769. The Labute approximate surface area is 188 Å². The molecular formula is C20H28IN5OS. The maximum atomic E-state index is 5.98. The lowest BCUT2D eigenvalue weighted by atomic mass is 10.1. The van der Waals surface area contributed by atoms with E-state index in [4.69, 9.17) is 4.74 Å². The average Bonchev–Trinajstić information content (AvgIpc) is 3.35. The van der Waals surface area contributed by atoms with Crippen molar-refractivity contribution in [3.05, 3.63) is 46.3 Å². The van der Waals surface area contributed by atoms with Gasteiger partial charge in [0.2, 0.25) is 5.88 Å². The van der Waals surface area contributed by atoms with Crippen molar-refractivity contribution >= 4 is 41.3 Å². The van der Waals surface area contributed by atoms with Gasteiger partial charge in [-0.25, -0.2) is 4.98 Å². The predicted molar refractivity (Wildman–Crippen MR) is 125 cm³/mol. The van der Waals surface area contributed by atoms with Gasteiger partial charge >= 0.3 is 0 Å². The first-order chi connectivity index (χ1) is 13.3. The van der Waals surface area contributed by atoms with Gasteiger partial charge in [-0.15, -0.1) is 35.3 Å². The minimum Gasteiger partial charge on any atom is -0.472 e. The Hall–Kier alpha value is -1.39. The van der Waals surface area contributed by atoms with E-state index in [2.05, 4.69) is 36.5 Å². The van der Waals surface area contributed by atoms with E-state index in [1.54, 1.807) is 11.1 Å². The monoisotopic (exact) mass is 513 g/mol. The highest BCUT2D eigenvalue weighted by Crippen LogP contribution is 2.23. The Morgan fingerprint density at radius 3 is 3.11 bits per heavy atom. The fourth-order valence-electron chi connectivity index (χ4n) is 3.76. The first kappa shape index (κ1) is 21.3. The van der Waals surface area contributed by atoms with Gasteiger partial charge in [0.15, 0.2) is 5.96 Å². The first-order valence-electron chi connectivity index (χ1n) is 9.62. The van der Waals surface area contributed by atoms with Crippen molar-refractivity contribution in [1.82, 2.24) is 20.1 Å². The van der Waals surface area contributed by atoms with Crippen LogP contribution < -0.4 is 10.1 Å². The number of thiophene rings is 1. The van der Waals surface area contributed by atoms with Crippen LogP contribution in [0.1, 0.15) is 16.9 Å². The van der Waals surface area contributed by atoms with Crippen molar-refractivity contribution in [2.24, 2.45) is 4.99 Å². The van der Waals surface area contributed by atoms with Gasteiger partial charge in [0, 0.05) is 63.3 Å². The summed E-state index contributed by atoms with van der Waals surface area (Å²) in [5.74, 6) is 1.67. The minimum atomic E-state index is 0. The lowest BCUT2D eigenvalue weighted by Gasteiger charge is -2.28. The van der Waals surface area contributed by atoms with E-state index in [1.807, 2.05) is 36.6 Å². The fraction of sp³-hybridized carbons (Fsp3) is 0.500. The molecule has 0 aliphatic carbocycles. The number of hydrogen-bond acceptors (Lipinski definition) is 5. The number of rotatable bonds is 5. The third-order valence-electron chi connectivity index (χ3n) is 5.18. The summed E-state index contributed by atoms with van der Waals surface area (Å²) >= 11 is 1.89. The highest BCUT2D eigenvalue weighted by molar-refractivity contribution is 14.0. The molecule has 0 amide bonds. The molecular weight excluding hydrogens is 485 g/mol. The topological polar surface area (TPSA) is 53.0 Å². The number of hydrogen-bond donors (Lipinski definition) is 1. The molecule has 1 saturated heterocycles. The van der Waals surface area contributed by atoms with Gasteiger partial charge in [-0.2, -0.15) is 0 Å². The molecule has 0 saturated carbocycles. The molecule has 0 radical (unpaired) electrons. The molecule has 152 valence electrons. The van der Waals surface area contributed by atoms with Crippen LogP contribution in [0.25, 0.3) is 0 Å². The molecule has 2 aliphatic heterocycles. The Morgan fingerprint density at radius 1 is 1.36 bits per heavy atom.